The quantitative estimate of drug-likeness (QED) is 0.814. The van der Waals surface area contributed by atoms with Crippen LogP contribution in [0.2, 0.25) is 0 Å². The lowest BCUT2D eigenvalue weighted by molar-refractivity contribution is -0.133. The minimum atomic E-state index is -1.26. The third-order valence-electron chi connectivity index (χ3n) is 5.30. The van der Waals surface area contributed by atoms with Crippen LogP contribution in [0, 0.1) is 18.7 Å². The summed E-state index contributed by atoms with van der Waals surface area (Å²) >= 11 is 0. The Balaban J connectivity index is 1.71. The molecule has 2 unspecified atom stereocenters. The summed E-state index contributed by atoms with van der Waals surface area (Å²) in [7, 11) is 1.52. The molecule has 1 saturated heterocycles. The number of carbonyl (C=O) groups is 2. The molecule has 150 valence electrons. The summed E-state index contributed by atoms with van der Waals surface area (Å²) in [6.07, 6.45) is 1.59. The van der Waals surface area contributed by atoms with Gasteiger partial charge in [0.1, 0.15) is 17.1 Å². The van der Waals surface area contributed by atoms with E-state index in [1.165, 1.54) is 30.1 Å². The number of amides is 2. The van der Waals surface area contributed by atoms with E-state index in [1.807, 2.05) is 6.92 Å². The summed E-state index contributed by atoms with van der Waals surface area (Å²) in [6, 6.07) is 7.52. The molecule has 2 aromatic rings. The van der Waals surface area contributed by atoms with Crippen LogP contribution in [0.5, 0.6) is 0 Å². The molecule has 1 aromatic heterocycles. The zero-order valence-corrected chi connectivity index (χ0v) is 16.0. The van der Waals surface area contributed by atoms with Crippen molar-refractivity contribution in [1.29, 1.82) is 0 Å². The number of hydrogen-bond donors (Lipinski definition) is 2. The first-order valence-corrected chi connectivity index (χ1v) is 9.06. The van der Waals surface area contributed by atoms with Crippen molar-refractivity contribution in [3.8, 4) is 0 Å². The van der Waals surface area contributed by atoms with E-state index in [4.69, 9.17) is 10.5 Å². The van der Waals surface area contributed by atoms with Gasteiger partial charge >= 0.3 is 0 Å². The van der Waals surface area contributed by atoms with Gasteiger partial charge in [-0.2, -0.15) is 0 Å². The number of rotatable bonds is 3. The Labute approximate surface area is 166 Å². The van der Waals surface area contributed by atoms with Crippen LogP contribution in [-0.2, 0) is 15.1 Å². The van der Waals surface area contributed by atoms with Gasteiger partial charge in [0.2, 0.25) is 5.91 Å². The molecule has 3 N–H and O–H groups in total. The van der Waals surface area contributed by atoms with E-state index >= 15 is 0 Å². The molecule has 2 amide bonds. The van der Waals surface area contributed by atoms with E-state index in [9.17, 15) is 14.0 Å². The van der Waals surface area contributed by atoms with E-state index in [2.05, 4.69) is 15.3 Å². The van der Waals surface area contributed by atoms with Gasteiger partial charge in [-0.15, -0.1) is 0 Å². The molecule has 8 nitrogen and oxygen atoms in total. The summed E-state index contributed by atoms with van der Waals surface area (Å²) in [6.45, 7) is 2.00. The molecule has 9 heteroatoms. The minimum Gasteiger partial charge on any atom is -0.378 e. The number of hydrogen-bond acceptors (Lipinski definition) is 6. The van der Waals surface area contributed by atoms with Crippen molar-refractivity contribution >= 4 is 23.5 Å². The van der Waals surface area contributed by atoms with E-state index < -0.39 is 23.2 Å². The lowest BCUT2D eigenvalue weighted by atomic mass is 9.78. The Hall–Kier alpha value is -3.33. The van der Waals surface area contributed by atoms with Crippen molar-refractivity contribution in [2.24, 2.45) is 16.6 Å². The van der Waals surface area contributed by atoms with Gasteiger partial charge in [0.05, 0.1) is 19.1 Å². The maximum atomic E-state index is 14.8. The van der Waals surface area contributed by atoms with Crippen molar-refractivity contribution < 1.29 is 18.7 Å². The highest BCUT2D eigenvalue weighted by molar-refractivity contribution is 6.03. The van der Waals surface area contributed by atoms with Crippen molar-refractivity contribution in [1.82, 2.24) is 9.88 Å². The maximum absolute atomic E-state index is 14.8. The second-order valence-corrected chi connectivity index (χ2v) is 7.23. The average Bonchev–Trinajstić information content (AvgIpc) is 3.13. The van der Waals surface area contributed by atoms with Crippen LogP contribution in [0.3, 0.4) is 0 Å². The standard InChI is InChI=1S/C20H20FN5O3/c1-11-3-6-16(23-8-11)17(27)24-12-4-5-15(21)13(7-12)20-10-29-9-14(20)18(28)26(2)19(22)25-20/h3-8,14H,9-10H2,1-2H3,(H2,22,25)(H,24,27). The first kappa shape index (κ1) is 19.0. The molecule has 1 fully saturated rings. The Bertz CT molecular complexity index is 1020. The van der Waals surface area contributed by atoms with Crippen molar-refractivity contribution in [3.05, 3.63) is 59.2 Å². The number of carbonyl (C=O) groups excluding carboxylic acids is 2. The number of aryl methyl sites for hydroxylation is 1. The number of nitrogens with two attached hydrogens (primary N) is 1. The second-order valence-electron chi connectivity index (χ2n) is 7.23. The Kier molecular flexibility index (Phi) is 4.54. The number of guanidine groups is 1. The van der Waals surface area contributed by atoms with Crippen molar-refractivity contribution in [2.75, 3.05) is 25.6 Å². The van der Waals surface area contributed by atoms with E-state index in [0.29, 0.717) is 5.69 Å². The van der Waals surface area contributed by atoms with E-state index in [1.54, 1.807) is 18.3 Å². The van der Waals surface area contributed by atoms with E-state index in [0.717, 1.165) is 5.56 Å². The predicted molar refractivity (Wildman–Crippen MR) is 104 cm³/mol. The lowest BCUT2D eigenvalue weighted by Crippen LogP contribution is -2.54. The predicted octanol–water partition coefficient (Wildman–Crippen LogP) is 1.41. The summed E-state index contributed by atoms with van der Waals surface area (Å²) in [5.41, 5.74) is 6.31. The van der Waals surface area contributed by atoms with Crippen LogP contribution in [0.15, 0.2) is 41.5 Å². The molecule has 0 aliphatic carbocycles. The fourth-order valence-corrected chi connectivity index (χ4v) is 3.64. The number of aliphatic imine (C=N–C) groups is 1. The van der Waals surface area contributed by atoms with Crippen molar-refractivity contribution in [2.45, 2.75) is 12.5 Å². The van der Waals surface area contributed by atoms with Gasteiger partial charge in [-0.25, -0.2) is 9.38 Å². The Morgan fingerprint density at radius 2 is 2.17 bits per heavy atom. The highest BCUT2D eigenvalue weighted by Crippen LogP contribution is 2.44. The zero-order valence-electron chi connectivity index (χ0n) is 16.0. The van der Waals surface area contributed by atoms with Gasteiger partial charge in [-0.05, 0) is 36.8 Å². The molecule has 0 saturated carbocycles. The number of halogens is 1. The molecule has 4 rings (SSSR count). The second kappa shape index (κ2) is 6.93. The molecule has 2 aliphatic rings. The monoisotopic (exact) mass is 397 g/mol. The third kappa shape index (κ3) is 3.13. The zero-order chi connectivity index (χ0) is 20.8. The number of nitrogens with zero attached hydrogens (tertiary/aromatic N) is 3. The van der Waals surface area contributed by atoms with Gasteiger partial charge in [0.25, 0.3) is 5.91 Å². The smallest absolute Gasteiger partial charge is 0.274 e. The summed E-state index contributed by atoms with van der Waals surface area (Å²) in [5.74, 6) is -1.97. The molecule has 0 spiro atoms. The molecular formula is C20H20FN5O3. The van der Waals surface area contributed by atoms with Gasteiger partial charge in [-0.3, -0.25) is 19.5 Å². The SMILES string of the molecule is Cc1ccc(C(=O)Nc2ccc(F)c(C34COCC3C(=O)N(C)C(N)=N4)c2)nc1. The summed E-state index contributed by atoms with van der Waals surface area (Å²) in [5, 5.41) is 2.71. The molecule has 29 heavy (non-hydrogen) atoms. The van der Waals surface area contributed by atoms with Crippen LogP contribution in [-0.4, -0.2) is 47.9 Å². The average molecular weight is 397 g/mol. The number of anilines is 1. The lowest BCUT2D eigenvalue weighted by Gasteiger charge is -2.37. The van der Waals surface area contributed by atoms with Crippen LogP contribution in [0.1, 0.15) is 21.6 Å². The number of pyridine rings is 1. The first-order chi connectivity index (χ1) is 13.8. The Morgan fingerprint density at radius 1 is 1.38 bits per heavy atom. The fraction of sp³-hybridized carbons (Fsp3) is 0.300. The highest BCUT2D eigenvalue weighted by Gasteiger charge is 2.54. The number of fused-ring (bicyclic) bond motifs is 1. The number of nitrogens with one attached hydrogen (secondary N) is 1. The maximum Gasteiger partial charge on any atom is 0.274 e. The summed E-state index contributed by atoms with van der Waals surface area (Å²) < 4.78 is 20.3. The topological polar surface area (TPSA) is 110 Å². The molecule has 2 aliphatic heterocycles. The molecule has 0 radical (unpaired) electrons. The largest absolute Gasteiger partial charge is 0.378 e. The Morgan fingerprint density at radius 3 is 2.90 bits per heavy atom. The van der Waals surface area contributed by atoms with Crippen LogP contribution in [0.4, 0.5) is 10.1 Å². The van der Waals surface area contributed by atoms with Crippen LogP contribution >= 0.6 is 0 Å². The molecule has 3 heterocycles. The van der Waals surface area contributed by atoms with E-state index in [-0.39, 0.29) is 36.3 Å². The number of aromatic nitrogens is 1. The van der Waals surface area contributed by atoms with Crippen molar-refractivity contribution in [3.63, 3.8) is 0 Å². The summed E-state index contributed by atoms with van der Waals surface area (Å²) in [4.78, 5) is 34.9. The van der Waals surface area contributed by atoms with Crippen LogP contribution < -0.4 is 11.1 Å². The molecule has 2 atom stereocenters. The molecular weight excluding hydrogens is 377 g/mol. The van der Waals surface area contributed by atoms with Gasteiger partial charge in [0.15, 0.2) is 5.96 Å². The number of benzene rings is 1. The highest BCUT2D eigenvalue weighted by atomic mass is 19.1. The normalized spacial score (nSPS) is 23.6. The van der Waals surface area contributed by atoms with Gasteiger partial charge in [-0.1, -0.05) is 6.07 Å². The first-order valence-electron chi connectivity index (χ1n) is 9.06. The van der Waals surface area contributed by atoms with Gasteiger partial charge in [0, 0.05) is 24.5 Å². The van der Waals surface area contributed by atoms with Gasteiger partial charge < -0.3 is 15.8 Å². The third-order valence-corrected chi connectivity index (χ3v) is 5.30. The minimum absolute atomic E-state index is 0.00514. The molecule has 0 bridgehead atoms. The number of ether oxygens (including phenoxy) is 1. The molecule has 1 aromatic carbocycles. The van der Waals surface area contributed by atoms with Crippen LogP contribution in [0.25, 0.3) is 0 Å². The fourth-order valence-electron chi connectivity index (χ4n) is 3.64.